The Morgan fingerprint density at radius 1 is 1.03 bits per heavy atom. The van der Waals surface area contributed by atoms with E-state index in [0.717, 1.165) is 30.4 Å². The van der Waals surface area contributed by atoms with Gasteiger partial charge in [0.1, 0.15) is 11.5 Å². The van der Waals surface area contributed by atoms with Crippen LogP contribution in [0.1, 0.15) is 55.3 Å². The molecule has 3 aromatic rings. The summed E-state index contributed by atoms with van der Waals surface area (Å²) in [7, 11) is 0. The number of amides is 4. The average Bonchev–Trinajstić information content (AvgIpc) is 2.91. The second-order valence-corrected chi connectivity index (χ2v) is 10.1. The minimum absolute atomic E-state index is 0.120. The normalized spacial score (nSPS) is 22.6. The number of barbiturate groups is 1. The molecule has 1 saturated heterocycles. The predicted molar refractivity (Wildman–Crippen MR) is 137 cm³/mol. The second kappa shape index (κ2) is 8.83. The van der Waals surface area contributed by atoms with E-state index in [1.807, 2.05) is 35.2 Å². The summed E-state index contributed by atoms with van der Waals surface area (Å²) in [6, 6.07) is 11.8. The predicted octanol–water partition coefficient (Wildman–Crippen LogP) is 3.00. The highest BCUT2D eigenvalue weighted by Gasteiger charge is 2.64. The van der Waals surface area contributed by atoms with Crippen molar-refractivity contribution in [3.8, 4) is 0 Å². The number of urea groups is 1. The first-order valence-corrected chi connectivity index (χ1v) is 13.0. The van der Waals surface area contributed by atoms with Gasteiger partial charge in [0.2, 0.25) is 11.8 Å². The van der Waals surface area contributed by atoms with Crippen LogP contribution in [0, 0.1) is 5.41 Å². The molecule has 9 nitrogen and oxygen atoms in total. The van der Waals surface area contributed by atoms with Gasteiger partial charge in [-0.1, -0.05) is 56.5 Å². The quantitative estimate of drug-likeness (QED) is 0.428. The molecule has 0 bridgehead atoms. The summed E-state index contributed by atoms with van der Waals surface area (Å²) in [6.45, 7) is 2.82. The molecule has 3 aliphatic rings. The Kier molecular flexibility index (Phi) is 5.58. The number of imide groups is 2. The molecule has 0 unspecified atom stereocenters. The Morgan fingerprint density at radius 2 is 1.84 bits per heavy atom. The third-order valence-electron chi connectivity index (χ3n) is 8.02. The first-order chi connectivity index (χ1) is 18.0. The lowest BCUT2D eigenvalue weighted by Gasteiger charge is -2.53. The Hall–Kier alpha value is -4.01. The Morgan fingerprint density at radius 3 is 2.68 bits per heavy atom. The van der Waals surface area contributed by atoms with Crippen LogP contribution in [0.5, 0.6) is 0 Å². The minimum atomic E-state index is -1.66. The van der Waals surface area contributed by atoms with Crippen LogP contribution in [0.3, 0.4) is 0 Å². The molecule has 1 spiro atoms. The summed E-state index contributed by atoms with van der Waals surface area (Å²) in [5.41, 5.74) is 0.778. The first kappa shape index (κ1) is 23.4. The molecule has 37 heavy (non-hydrogen) atoms. The van der Waals surface area contributed by atoms with E-state index in [9.17, 15) is 19.2 Å². The van der Waals surface area contributed by atoms with Gasteiger partial charge in [-0.25, -0.2) is 9.78 Å². The van der Waals surface area contributed by atoms with Gasteiger partial charge in [-0.15, -0.1) is 0 Å². The number of carbonyl (C=O) groups excluding carboxylic acids is 3. The summed E-state index contributed by atoms with van der Waals surface area (Å²) < 4.78 is 1.45. The smallest absolute Gasteiger partial charge is 0.330 e. The number of benzene rings is 1. The third kappa shape index (κ3) is 3.40. The fourth-order valence-corrected chi connectivity index (χ4v) is 6.21. The van der Waals surface area contributed by atoms with Crippen molar-refractivity contribution in [1.82, 2.24) is 19.6 Å². The number of rotatable bonds is 5. The number of hydrogen-bond acceptors (Lipinski definition) is 6. The van der Waals surface area contributed by atoms with Gasteiger partial charge in [0.05, 0.1) is 11.6 Å². The zero-order valence-corrected chi connectivity index (χ0v) is 20.8. The number of pyridine rings is 1. The van der Waals surface area contributed by atoms with E-state index in [1.54, 1.807) is 18.3 Å². The maximum Gasteiger partial charge on any atom is 0.330 e. The highest BCUT2D eigenvalue weighted by atomic mass is 16.2. The number of aromatic nitrogens is 2. The van der Waals surface area contributed by atoms with Gasteiger partial charge in [0.15, 0.2) is 5.41 Å². The number of carbonyl (C=O) groups is 3. The fraction of sp³-hybridized carbons (Fsp3) is 0.393. The van der Waals surface area contributed by atoms with Crippen LogP contribution in [0.4, 0.5) is 10.6 Å². The van der Waals surface area contributed by atoms with Gasteiger partial charge in [-0.2, -0.15) is 0 Å². The molecule has 4 amide bonds. The lowest BCUT2D eigenvalue weighted by atomic mass is 9.65. The summed E-state index contributed by atoms with van der Waals surface area (Å²) in [6.07, 6.45) is 5.78. The van der Waals surface area contributed by atoms with Gasteiger partial charge in [-0.05, 0) is 36.1 Å². The molecule has 1 fully saturated rings. The van der Waals surface area contributed by atoms with Gasteiger partial charge >= 0.3 is 6.03 Å². The van der Waals surface area contributed by atoms with Crippen molar-refractivity contribution in [3.05, 3.63) is 75.7 Å². The summed E-state index contributed by atoms with van der Waals surface area (Å²) in [4.78, 5) is 62.7. The average molecular weight is 500 g/mol. The monoisotopic (exact) mass is 499 g/mol. The van der Waals surface area contributed by atoms with Gasteiger partial charge in [0, 0.05) is 25.7 Å². The van der Waals surface area contributed by atoms with Crippen LogP contribution < -0.4 is 15.8 Å². The summed E-state index contributed by atoms with van der Waals surface area (Å²) >= 11 is 0. The third-order valence-corrected chi connectivity index (χ3v) is 8.02. The number of unbranched alkanes of at least 4 members (excludes halogenated alkanes) is 3. The molecule has 3 aliphatic heterocycles. The first-order valence-electron chi connectivity index (χ1n) is 13.0. The summed E-state index contributed by atoms with van der Waals surface area (Å²) in [5.74, 6) is -0.678. The van der Waals surface area contributed by atoms with Crippen molar-refractivity contribution < 1.29 is 14.4 Å². The topological polar surface area (TPSA) is 104 Å². The van der Waals surface area contributed by atoms with Gasteiger partial charge < -0.3 is 4.90 Å². The molecule has 0 radical (unpaired) electrons. The van der Waals surface area contributed by atoms with Crippen molar-refractivity contribution in [1.29, 1.82) is 0 Å². The molecule has 2 atom stereocenters. The van der Waals surface area contributed by atoms with E-state index in [0.29, 0.717) is 36.4 Å². The number of nitrogens with zero attached hydrogens (tertiary/aromatic N) is 4. The molecule has 1 aromatic carbocycles. The van der Waals surface area contributed by atoms with E-state index in [4.69, 9.17) is 4.98 Å². The van der Waals surface area contributed by atoms with Crippen molar-refractivity contribution in [2.24, 2.45) is 5.41 Å². The molecular formula is C28H29N5O4. The molecule has 190 valence electrons. The Bertz CT molecular complexity index is 1500. The number of fused-ring (bicyclic) bond motifs is 7. The van der Waals surface area contributed by atoms with Crippen molar-refractivity contribution >= 4 is 29.3 Å². The number of nitrogens with one attached hydrogen (secondary N) is 1. The van der Waals surface area contributed by atoms with Crippen LogP contribution in [-0.2, 0) is 22.4 Å². The maximum atomic E-state index is 14.3. The highest BCUT2D eigenvalue weighted by molar-refractivity contribution is 6.20. The molecule has 5 heterocycles. The van der Waals surface area contributed by atoms with Crippen molar-refractivity contribution in [2.75, 3.05) is 18.0 Å². The van der Waals surface area contributed by atoms with Crippen LogP contribution >= 0.6 is 0 Å². The standard InChI is InChI=1S/C28H29N5O4/c1-2-3-4-8-15-33-26(36)28(25(35)30-27(33)37)17-20-23(29-21-12-7-9-14-31(21)24(20)34)32-16-13-18-10-5-6-11-19(18)22(28)32/h5-7,9-12,14,22H,2-4,8,13,15-17H2,1H3,(H,30,35,37)/t22-,28-/m0/s1. The van der Waals surface area contributed by atoms with Crippen LogP contribution in [0.2, 0.25) is 0 Å². The van der Waals surface area contributed by atoms with Crippen molar-refractivity contribution in [3.63, 3.8) is 0 Å². The Balaban J connectivity index is 1.56. The SMILES string of the molecule is CCCCCCN1C(=O)NC(=O)[C@@]2(Cc3c(nc4ccccn4c3=O)N3CCc4ccccc4[C@H]32)C1=O. The van der Waals surface area contributed by atoms with E-state index >= 15 is 0 Å². The Labute approximate surface area is 214 Å². The van der Waals surface area contributed by atoms with Gasteiger partial charge in [0.25, 0.3) is 5.56 Å². The van der Waals surface area contributed by atoms with Crippen LogP contribution in [0.25, 0.3) is 5.65 Å². The number of hydrogen-bond donors (Lipinski definition) is 1. The fourth-order valence-electron chi connectivity index (χ4n) is 6.21. The zero-order valence-electron chi connectivity index (χ0n) is 20.8. The van der Waals surface area contributed by atoms with Crippen LogP contribution in [-0.4, -0.2) is 45.2 Å². The molecule has 2 aromatic heterocycles. The van der Waals surface area contributed by atoms with E-state index in [-0.39, 0.29) is 18.5 Å². The molecule has 9 heteroatoms. The number of anilines is 1. The molecule has 6 rings (SSSR count). The second-order valence-electron chi connectivity index (χ2n) is 10.1. The van der Waals surface area contributed by atoms with E-state index < -0.39 is 29.3 Å². The van der Waals surface area contributed by atoms with Gasteiger partial charge in [-0.3, -0.25) is 29.0 Å². The lowest BCUT2D eigenvalue weighted by Crippen LogP contribution is -2.70. The van der Waals surface area contributed by atoms with Crippen molar-refractivity contribution in [2.45, 2.75) is 51.5 Å². The summed E-state index contributed by atoms with van der Waals surface area (Å²) in [5, 5.41) is 2.48. The molecule has 1 N–H and O–H groups in total. The molecule has 0 aliphatic carbocycles. The lowest BCUT2D eigenvalue weighted by molar-refractivity contribution is -0.154. The largest absolute Gasteiger partial charge is 0.347 e. The zero-order chi connectivity index (χ0) is 25.7. The maximum absolute atomic E-state index is 14.3. The molecular weight excluding hydrogens is 470 g/mol. The van der Waals surface area contributed by atoms with E-state index in [2.05, 4.69) is 12.2 Å². The molecule has 0 saturated carbocycles. The minimum Gasteiger partial charge on any atom is -0.347 e. The van der Waals surface area contributed by atoms with E-state index in [1.165, 1.54) is 9.30 Å². The highest BCUT2D eigenvalue weighted by Crippen LogP contribution is 2.52. The van der Waals surface area contributed by atoms with Crippen LogP contribution in [0.15, 0.2) is 53.5 Å².